The molecule has 2 saturated carbocycles. The summed E-state index contributed by atoms with van der Waals surface area (Å²) in [7, 11) is 2.26. The van der Waals surface area contributed by atoms with Gasteiger partial charge in [0.2, 0.25) is 0 Å². The van der Waals surface area contributed by atoms with E-state index in [1.807, 2.05) is 0 Å². The third-order valence-electron chi connectivity index (χ3n) is 8.43. The highest BCUT2D eigenvalue weighted by Gasteiger charge is 2.60. The van der Waals surface area contributed by atoms with Gasteiger partial charge in [-0.1, -0.05) is 0 Å². The van der Waals surface area contributed by atoms with Gasteiger partial charge in [0.05, 0.1) is 5.69 Å². The predicted molar refractivity (Wildman–Crippen MR) is 121 cm³/mol. The molecule has 4 heterocycles. The number of piperazine rings is 1. The van der Waals surface area contributed by atoms with Crippen molar-refractivity contribution >= 4 is 5.82 Å². The normalized spacial score (nSPS) is 33.4. The average molecular weight is 459 g/mol. The Hall–Kier alpha value is -2.26. The van der Waals surface area contributed by atoms with E-state index in [1.54, 1.807) is 6.20 Å². The molecule has 2 aromatic heterocycles. The minimum atomic E-state index is -2.95. The van der Waals surface area contributed by atoms with Gasteiger partial charge in [0.25, 0.3) is 0 Å². The molecule has 0 aromatic carbocycles. The molecule has 0 amide bonds. The van der Waals surface area contributed by atoms with Gasteiger partial charge in [0, 0.05) is 60.6 Å². The third kappa shape index (κ3) is 3.51. The van der Waals surface area contributed by atoms with Gasteiger partial charge >= 0.3 is 6.61 Å². The molecule has 2 aliphatic carbocycles. The number of alkyl halides is 2. The van der Waals surface area contributed by atoms with Crippen LogP contribution in [0.4, 0.5) is 14.6 Å². The monoisotopic (exact) mass is 458 g/mol. The van der Waals surface area contributed by atoms with Crippen LogP contribution in [0.25, 0.3) is 11.3 Å². The Morgan fingerprint density at radius 3 is 2.42 bits per heavy atom. The highest BCUT2D eigenvalue weighted by molar-refractivity contribution is 5.64. The number of pyridine rings is 1. The maximum absolute atomic E-state index is 12.7. The van der Waals surface area contributed by atoms with E-state index in [-0.39, 0.29) is 17.6 Å². The van der Waals surface area contributed by atoms with Crippen molar-refractivity contribution in [1.29, 1.82) is 0 Å². The average Bonchev–Trinajstić information content (AvgIpc) is 3.29. The van der Waals surface area contributed by atoms with Crippen molar-refractivity contribution in [1.82, 2.24) is 24.6 Å². The summed E-state index contributed by atoms with van der Waals surface area (Å²) in [6.45, 7) is 3.77. The second-order valence-corrected chi connectivity index (χ2v) is 10.6. The van der Waals surface area contributed by atoms with Crippen molar-refractivity contribution in [2.24, 2.45) is 11.8 Å². The topological polar surface area (TPSA) is 72.4 Å². The molecule has 2 N–H and O–H groups in total. The van der Waals surface area contributed by atoms with Crippen LogP contribution in [0.15, 0.2) is 18.3 Å². The number of hydrogen-bond donors (Lipinski definition) is 1. The molecular weight excluding hydrogens is 426 g/mol. The Balaban J connectivity index is 1.20. The Labute approximate surface area is 192 Å². The number of aromatic nitrogens is 3. The van der Waals surface area contributed by atoms with E-state index in [4.69, 9.17) is 10.8 Å². The van der Waals surface area contributed by atoms with E-state index in [9.17, 15) is 8.78 Å². The molecule has 9 heteroatoms. The second-order valence-electron chi connectivity index (χ2n) is 10.6. The van der Waals surface area contributed by atoms with Crippen molar-refractivity contribution in [2.75, 3.05) is 25.9 Å². The molecular formula is C24H32F2N6O. The minimum absolute atomic E-state index is 0.0489. The van der Waals surface area contributed by atoms with Crippen molar-refractivity contribution in [3.8, 4) is 17.0 Å². The Bertz CT molecular complexity index is 1040. The zero-order valence-corrected chi connectivity index (χ0v) is 19.4. The lowest BCUT2D eigenvalue weighted by Gasteiger charge is -2.37. The number of rotatable bonds is 6. The van der Waals surface area contributed by atoms with Gasteiger partial charge in [-0.15, -0.1) is 0 Å². The van der Waals surface area contributed by atoms with Gasteiger partial charge in [0.1, 0.15) is 0 Å². The summed E-state index contributed by atoms with van der Waals surface area (Å²) >= 11 is 0. The maximum atomic E-state index is 12.7. The zero-order chi connectivity index (χ0) is 23.0. The highest BCUT2D eigenvalue weighted by Crippen LogP contribution is 2.64. The lowest BCUT2D eigenvalue weighted by Crippen LogP contribution is -2.48. The van der Waals surface area contributed by atoms with Gasteiger partial charge in [-0.25, -0.2) is 4.98 Å². The first-order valence-corrected chi connectivity index (χ1v) is 12.1. The first kappa shape index (κ1) is 21.3. The number of likely N-dealkylation sites (N-methyl/N-ethyl adjacent to an activating group) is 1. The number of hydrogen-bond acceptors (Lipinski definition) is 6. The summed E-state index contributed by atoms with van der Waals surface area (Å²) in [5.41, 5.74) is 8.34. The van der Waals surface area contributed by atoms with Gasteiger partial charge < -0.3 is 15.4 Å². The van der Waals surface area contributed by atoms with Crippen molar-refractivity contribution in [3.05, 3.63) is 24.0 Å². The maximum Gasteiger partial charge on any atom is 0.387 e. The molecule has 4 fully saturated rings. The smallest absolute Gasteiger partial charge is 0.387 e. The molecule has 0 radical (unpaired) electrons. The van der Waals surface area contributed by atoms with Crippen LogP contribution in [0.1, 0.15) is 50.8 Å². The van der Waals surface area contributed by atoms with Crippen LogP contribution >= 0.6 is 0 Å². The van der Waals surface area contributed by atoms with Crippen LogP contribution in [0.5, 0.6) is 5.75 Å². The molecule has 0 unspecified atom stereocenters. The predicted octanol–water partition coefficient (Wildman–Crippen LogP) is 3.59. The van der Waals surface area contributed by atoms with Gasteiger partial charge in [-0.3, -0.25) is 9.58 Å². The van der Waals surface area contributed by atoms with Crippen LogP contribution in [0.2, 0.25) is 0 Å². The Morgan fingerprint density at radius 2 is 1.82 bits per heavy atom. The fourth-order valence-corrected chi connectivity index (χ4v) is 6.86. The Kier molecular flexibility index (Phi) is 4.92. The minimum Gasteiger partial charge on any atom is -0.431 e. The molecule has 4 aliphatic rings. The second kappa shape index (κ2) is 7.63. The van der Waals surface area contributed by atoms with E-state index >= 15 is 0 Å². The van der Waals surface area contributed by atoms with E-state index in [0.717, 1.165) is 35.7 Å². The highest BCUT2D eigenvalue weighted by atomic mass is 19.3. The SMILES string of the molecule is CC(C)n1nc(-c2cnc(N)c(OC(F)F)c2)cc1[C@H]1[C@@H]2C[C@@H](N3C[C@@H]4C[C@H]3CN4C)C[C@@H]21. The number of nitrogens with two attached hydrogens (primary N) is 1. The fraction of sp³-hybridized carbons (Fsp3) is 0.667. The van der Waals surface area contributed by atoms with Crippen LogP contribution in [0, 0.1) is 11.8 Å². The lowest BCUT2D eigenvalue weighted by atomic mass is 10.0. The molecule has 33 heavy (non-hydrogen) atoms. The standard InChI is InChI=1S/C24H32F2N6O/c1-12(2)32-20(8-19(29-32)13-4-21(33-24(25)26)23(27)28-9-13)22-17-6-14(7-18(17)22)31-11-15-5-16(31)10-30(15)3/h4,8-9,12,14-18,22,24H,5-7,10-11H2,1-3H3,(H2,27,28)/t14-,15-,16-,17-,18+,22+/m0/s1. The number of likely N-dealkylation sites (tertiary alicyclic amines) is 2. The molecule has 178 valence electrons. The van der Waals surface area contributed by atoms with E-state index in [0.29, 0.717) is 11.5 Å². The lowest BCUT2D eigenvalue weighted by molar-refractivity contribution is -0.0494. The Morgan fingerprint density at radius 1 is 1.06 bits per heavy atom. The first-order valence-electron chi connectivity index (χ1n) is 12.1. The summed E-state index contributed by atoms with van der Waals surface area (Å²) in [4.78, 5) is 9.36. The summed E-state index contributed by atoms with van der Waals surface area (Å²) in [6, 6.07) is 6.06. The summed E-state index contributed by atoms with van der Waals surface area (Å²) in [5.74, 6) is 1.81. The number of nitrogen functional groups attached to an aromatic ring is 1. The van der Waals surface area contributed by atoms with E-state index in [1.165, 1.54) is 44.1 Å². The largest absolute Gasteiger partial charge is 0.431 e. The summed E-state index contributed by atoms with van der Waals surface area (Å²) < 4.78 is 32.1. The molecule has 2 saturated heterocycles. The zero-order valence-electron chi connectivity index (χ0n) is 19.4. The van der Waals surface area contributed by atoms with E-state index in [2.05, 4.69) is 51.2 Å². The number of nitrogens with zero attached hydrogens (tertiary/aromatic N) is 5. The van der Waals surface area contributed by atoms with Crippen LogP contribution in [0.3, 0.4) is 0 Å². The number of ether oxygens (including phenoxy) is 1. The quantitative estimate of drug-likeness (QED) is 0.713. The molecule has 2 aromatic rings. The molecule has 0 spiro atoms. The van der Waals surface area contributed by atoms with Gasteiger partial charge in [0.15, 0.2) is 11.6 Å². The van der Waals surface area contributed by atoms with Crippen molar-refractivity contribution in [2.45, 2.75) is 69.8 Å². The van der Waals surface area contributed by atoms with Crippen LogP contribution in [-0.2, 0) is 0 Å². The van der Waals surface area contributed by atoms with Crippen molar-refractivity contribution < 1.29 is 13.5 Å². The number of anilines is 1. The molecule has 2 bridgehead atoms. The fourth-order valence-electron chi connectivity index (χ4n) is 6.86. The number of halogens is 2. The van der Waals surface area contributed by atoms with Crippen LogP contribution in [-0.4, -0.2) is 69.4 Å². The molecule has 2 aliphatic heterocycles. The van der Waals surface area contributed by atoms with Gasteiger partial charge in [-0.2, -0.15) is 13.9 Å². The molecule has 7 nitrogen and oxygen atoms in total. The van der Waals surface area contributed by atoms with E-state index < -0.39 is 6.61 Å². The summed E-state index contributed by atoms with van der Waals surface area (Å²) in [5, 5.41) is 4.83. The van der Waals surface area contributed by atoms with Gasteiger partial charge in [-0.05, 0) is 64.1 Å². The molecule has 6 atom stereocenters. The molecule has 6 rings (SSSR count). The van der Waals surface area contributed by atoms with Crippen LogP contribution < -0.4 is 10.5 Å². The first-order chi connectivity index (χ1) is 15.8. The summed E-state index contributed by atoms with van der Waals surface area (Å²) in [6.07, 6.45) is 5.46. The van der Waals surface area contributed by atoms with Crippen molar-refractivity contribution in [3.63, 3.8) is 0 Å². The third-order valence-corrected chi connectivity index (χ3v) is 8.43. The number of fused-ring (bicyclic) bond motifs is 3.